The molecule has 1 aliphatic rings. The molecule has 0 aromatic heterocycles. The van der Waals surface area contributed by atoms with Crippen molar-refractivity contribution >= 4 is 10.8 Å². The van der Waals surface area contributed by atoms with Crippen molar-refractivity contribution in [1.29, 1.82) is 0 Å². The number of aliphatic hydroxyl groups excluding tert-OH is 1. The van der Waals surface area contributed by atoms with Crippen LogP contribution in [0.15, 0.2) is 36.4 Å². The first-order valence-electron chi connectivity index (χ1n) is 7.16. The fourth-order valence-electron chi connectivity index (χ4n) is 2.67. The van der Waals surface area contributed by atoms with Crippen LogP contribution in [0.4, 0.5) is 0 Å². The van der Waals surface area contributed by atoms with Gasteiger partial charge < -0.3 is 14.6 Å². The molecule has 1 fully saturated rings. The third kappa shape index (κ3) is 2.65. The summed E-state index contributed by atoms with van der Waals surface area (Å²) in [5.41, 5.74) is 0.850. The van der Waals surface area contributed by atoms with E-state index in [2.05, 4.69) is 6.07 Å². The van der Waals surface area contributed by atoms with E-state index >= 15 is 0 Å². The first-order valence-corrected chi connectivity index (χ1v) is 7.16. The van der Waals surface area contributed by atoms with E-state index in [0.29, 0.717) is 12.5 Å². The van der Waals surface area contributed by atoms with Crippen molar-refractivity contribution < 1.29 is 14.6 Å². The second-order valence-electron chi connectivity index (χ2n) is 5.42. The summed E-state index contributed by atoms with van der Waals surface area (Å²) in [5, 5.41) is 12.1. The molecule has 0 saturated carbocycles. The molecule has 0 aliphatic carbocycles. The van der Waals surface area contributed by atoms with Crippen LogP contribution in [0.25, 0.3) is 10.8 Å². The highest BCUT2D eigenvalue weighted by molar-refractivity contribution is 5.89. The molecule has 0 spiro atoms. The van der Waals surface area contributed by atoms with Gasteiger partial charge in [0.25, 0.3) is 0 Å². The number of benzene rings is 2. The quantitative estimate of drug-likeness (QED) is 0.928. The molecule has 3 rings (SSSR count). The van der Waals surface area contributed by atoms with E-state index in [4.69, 9.17) is 9.47 Å². The molecule has 2 aromatic rings. The maximum atomic E-state index is 9.95. The van der Waals surface area contributed by atoms with Crippen molar-refractivity contribution in [3.63, 3.8) is 0 Å². The molecule has 0 bridgehead atoms. The molecule has 106 valence electrons. The highest BCUT2D eigenvalue weighted by Gasteiger charge is 2.19. The largest absolute Gasteiger partial charge is 0.492 e. The SMILES string of the molecule is C[C@H](O)c1ccc2ccccc2c1OCC1CCOC1. The Morgan fingerprint density at radius 2 is 2.15 bits per heavy atom. The number of aliphatic hydroxyl groups is 1. The van der Waals surface area contributed by atoms with E-state index in [9.17, 15) is 5.11 Å². The Morgan fingerprint density at radius 1 is 1.30 bits per heavy atom. The molecule has 1 heterocycles. The number of ether oxygens (including phenoxy) is 2. The van der Waals surface area contributed by atoms with E-state index in [0.717, 1.165) is 41.7 Å². The molecule has 3 heteroatoms. The van der Waals surface area contributed by atoms with Crippen LogP contribution in [-0.4, -0.2) is 24.9 Å². The minimum absolute atomic E-state index is 0.454. The summed E-state index contributed by atoms with van der Waals surface area (Å²) in [4.78, 5) is 0. The number of hydrogen-bond acceptors (Lipinski definition) is 3. The molecule has 2 aromatic carbocycles. The number of fused-ring (bicyclic) bond motifs is 1. The summed E-state index contributed by atoms with van der Waals surface area (Å²) < 4.78 is 11.4. The van der Waals surface area contributed by atoms with Gasteiger partial charge in [-0.25, -0.2) is 0 Å². The predicted molar refractivity (Wildman–Crippen MR) is 79.0 cm³/mol. The number of hydrogen-bond donors (Lipinski definition) is 1. The van der Waals surface area contributed by atoms with Gasteiger partial charge in [-0.2, -0.15) is 0 Å². The first-order chi connectivity index (χ1) is 9.75. The predicted octanol–water partition coefficient (Wildman–Crippen LogP) is 3.31. The lowest BCUT2D eigenvalue weighted by molar-refractivity contribution is 0.162. The molecule has 1 aliphatic heterocycles. The fourth-order valence-corrected chi connectivity index (χ4v) is 2.67. The maximum Gasteiger partial charge on any atom is 0.132 e. The first kappa shape index (κ1) is 13.4. The second-order valence-corrected chi connectivity index (χ2v) is 5.42. The molecule has 1 N–H and O–H groups in total. The highest BCUT2D eigenvalue weighted by atomic mass is 16.5. The van der Waals surface area contributed by atoms with Gasteiger partial charge in [0, 0.05) is 23.5 Å². The van der Waals surface area contributed by atoms with Gasteiger partial charge in [0.15, 0.2) is 0 Å². The summed E-state index contributed by atoms with van der Waals surface area (Å²) in [6, 6.07) is 12.1. The van der Waals surface area contributed by atoms with E-state index in [-0.39, 0.29) is 0 Å². The van der Waals surface area contributed by atoms with Crippen LogP contribution in [0.2, 0.25) is 0 Å². The average Bonchev–Trinajstić information content (AvgIpc) is 2.97. The van der Waals surface area contributed by atoms with Gasteiger partial charge >= 0.3 is 0 Å². The molecule has 1 saturated heterocycles. The summed E-state index contributed by atoms with van der Waals surface area (Å²) >= 11 is 0. The highest BCUT2D eigenvalue weighted by Crippen LogP contribution is 2.34. The van der Waals surface area contributed by atoms with E-state index < -0.39 is 6.10 Å². The molecular weight excluding hydrogens is 252 g/mol. The van der Waals surface area contributed by atoms with Gasteiger partial charge in [0.2, 0.25) is 0 Å². The normalized spacial score (nSPS) is 20.2. The number of rotatable bonds is 4. The van der Waals surface area contributed by atoms with E-state index in [1.807, 2.05) is 30.3 Å². The zero-order valence-corrected chi connectivity index (χ0v) is 11.7. The molecule has 0 radical (unpaired) electrons. The van der Waals surface area contributed by atoms with Gasteiger partial charge in [-0.3, -0.25) is 0 Å². The monoisotopic (exact) mass is 272 g/mol. The maximum absolute atomic E-state index is 9.95. The zero-order chi connectivity index (χ0) is 13.9. The zero-order valence-electron chi connectivity index (χ0n) is 11.7. The molecule has 1 unspecified atom stereocenters. The van der Waals surface area contributed by atoms with Crippen LogP contribution < -0.4 is 4.74 Å². The molecule has 3 nitrogen and oxygen atoms in total. The van der Waals surface area contributed by atoms with Crippen molar-refractivity contribution in [2.24, 2.45) is 5.92 Å². The molecule has 0 amide bonds. The Balaban J connectivity index is 1.94. The fraction of sp³-hybridized carbons (Fsp3) is 0.412. The topological polar surface area (TPSA) is 38.7 Å². The lowest BCUT2D eigenvalue weighted by atomic mass is 10.0. The standard InChI is InChI=1S/C17H20O3/c1-12(18)15-7-6-14-4-2-3-5-16(14)17(15)20-11-13-8-9-19-10-13/h2-7,12-13,18H,8-11H2,1H3/t12-,13?/m0/s1. The molecule has 2 atom stereocenters. The van der Waals surface area contributed by atoms with Crippen molar-refractivity contribution in [3.05, 3.63) is 42.0 Å². The van der Waals surface area contributed by atoms with Crippen LogP contribution in [0.3, 0.4) is 0 Å². The van der Waals surface area contributed by atoms with Crippen LogP contribution in [-0.2, 0) is 4.74 Å². The van der Waals surface area contributed by atoms with E-state index in [1.54, 1.807) is 6.92 Å². The van der Waals surface area contributed by atoms with Crippen molar-refractivity contribution in [3.8, 4) is 5.75 Å². The average molecular weight is 272 g/mol. The van der Waals surface area contributed by atoms with Gasteiger partial charge in [-0.05, 0) is 18.7 Å². The summed E-state index contributed by atoms with van der Waals surface area (Å²) in [6.45, 7) is 4.02. The van der Waals surface area contributed by atoms with Crippen LogP contribution in [0, 0.1) is 5.92 Å². The lowest BCUT2D eigenvalue weighted by Crippen LogP contribution is -2.13. The second kappa shape index (κ2) is 5.81. The Kier molecular flexibility index (Phi) is 3.90. The van der Waals surface area contributed by atoms with Crippen LogP contribution in [0.5, 0.6) is 5.75 Å². The molecule has 20 heavy (non-hydrogen) atoms. The Bertz CT molecular complexity index is 586. The van der Waals surface area contributed by atoms with Crippen molar-refractivity contribution in [2.45, 2.75) is 19.4 Å². The minimum atomic E-state index is -0.533. The third-order valence-corrected chi connectivity index (χ3v) is 3.85. The van der Waals surface area contributed by atoms with E-state index in [1.165, 1.54) is 0 Å². The summed E-state index contributed by atoms with van der Waals surface area (Å²) in [5.74, 6) is 1.26. The summed E-state index contributed by atoms with van der Waals surface area (Å²) in [6.07, 6.45) is 0.517. The smallest absolute Gasteiger partial charge is 0.132 e. The minimum Gasteiger partial charge on any atom is -0.492 e. The molecular formula is C17H20O3. The lowest BCUT2D eigenvalue weighted by Gasteiger charge is -2.18. The van der Waals surface area contributed by atoms with Gasteiger partial charge in [0.1, 0.15) is 5.75 Å². The van der Waals surface area contributed by atoms with Gasteiger partial charge in [-0.15, -0.1) is 0 Å². The van der Waals surface area contributed by atoms with Crippen LogP contribution in [0.1, 0.15) is 25.0 Å². The van der Waals surface area contributed by atoms with Crippen molar-refractivity contribution in [1.82, 2.24) is 0 Å². The van der Waals surface area contributed by atoms with Crippen LogP contribution >= 0.6 is 0 Å². The van der Waals surface area contributed by atoms with Crippen molar-refractivity contribution in [2.75, 3.05) is 19.8 Å². The summed E-state index contributed by atoms with van der Waals surface area (Å²) in [7, 11) is 0. The Labute approximate surface area is 119 Å². The third-order valence-electron chi connectivity index (χ3n) is 3.85. The van der Waals surface area contributed by atoms with Gasteiger partial charge in [0.05, 0.1) is 19.3 Å². The van der Waals surface area contributed by atoms with Gasteiger partial charge in [-0.1, -0.05) is 36.4 Å². The Morgan fingerprint density at radius 3 is 2.90 bits per heavy atom. The Hall–Kier alpha value is -1.58.